The number of benzene rings is 2. The molecule has 0 radical (unpaired) electrons. The Labute approximate surface area is 233 Å². The Morgan fingerprint density at radius 3 is 2.25 bits per heavy atom. The number of aliphatic carboxylic acids is 1. The van der Waals surface area contributed by atoms with E-state index in [1.807, 2.05) is 0 Å². The molecule has 0 fully saturated rings. The van der Waals surface area contributed by atoms with Crippen LogP contribution in [-0.4, -0.2) is 62.4 Å². The molecule has 0 bridgehead atoms. The summed E-state index contributed by atoms with van der Waals surface area (Å²) in [7, 11) is 0. The van der Waals surface area contributed by atoms with E-state index in [1.165, 1.54) is 17.8 Å². The number of H-pyrrole nitrogens is 1. The summed E-state index contributed by atoms with van der Waals surface area (Å²) >= 11 is 1.41. The standard InChI is InChI=1S/C27H31N5O7S/c1-40-14-13-19(23(34)30-20(26(37)38)11-12-22(28)33)29-24(35)21(15-16-7-3-2-4-8-16)32-25(36)17-9-5-6-10-18(17)31-27(32)39/h2-10,19-21H,11-15H2,1H3,(H2,28,33)(H,29,35)(H,30,34)(H,31,39)(H,37,38)/t19-,20-,21-/m0/s1. The molecular weight excluding hydrogens is 538 g/mol. The van der Waals surface area contributed by atoms with Crippen molar-refractivity contribution in [3.63, 3.8) is 0 Å². The van der Waals surface area contributed by atoms with Gasteiger partial charge in [-0.25, -0.2) is 14.2 Å². The van der Waals surface area contributed by atoms with Gasteiger partial charge in [-0.2, -0.15) is 11.8 Å². The molecule has 3 amide bonds. The normalized spacial score (nSPS) is 13.2. The van der Waals surface area contributed by atoms with Gasteiger partial charge in [-0.05, 0) is 42.5 Å². The fourth-order valence-electron chi connectivity index (χ4n) is 4.19. The summed E-state index contributed by atoms with van der Waals surface area (Å²) in [6, 6.07) is 11.3. The lowest BCUT2D eigenvalue weighted by Crippen LogP contribution is -2.54. The molecule has 0 spiro atoms. The number of carbonyl (C=O) groups is 4. The highest BCUT2D eigenvalue weighted by Gasteiger charge is 2.31. The number of nitrogens with zero attached hydrogens (tertiary/aromatic N) is 1. The smallest absolute Gasteiger partial charge is 0.329 e. The van der Waals surface area contributed by atoms with Crippen LogP contribution in [0.3, 0.4) is 0 Å². The monoisotopic (exact) mass is 569 g/mol. The van der Waals surface area contributed by atoms with E-state index in [4.69, 9.17) is 5.73 Å². The molecule has 0 aliphatic carbocycles. The highest BCUT2D eigenvalue weighted by atomic mass is 32.2. The van der Waals surface area contributed by atoms with Crippen molar-refractivity contribution in [2.75, 3.05) is 12.0 Å². The number of aromatic nitrogens is 2. The Bertz CT molecular complexity index is 1490. The first-order chi connectivity index (χ1) is 19.1. The maximum Gasteiger partial charge on any atom is 0.329 e. The van der Waals surface area contributed by atoms with Crippen molar-refractivity contribution in [2.24, 2.45) is 5.73 Å². The molecule has 13 heteroatoms. The highest BCUT2D eigenvalue weighted by Crippen LogP contribution is 2.15. The summed E-state index contributed by atoms with van der Waals surface area (Å²) in [6.07, 6.45) is 1.43. The first-order valence-corrected chi connectivity index (χ1v) is 13.9. The zero-order chi connectivity index (χ0) is 29.2. The van der Waals surface area contributed by atoms with Crippen LogP contribution >= 0.6 is 11.8 Å². The zero-order valence-electron chi connectivity index (χ0n) is 21.8. The Morgan fingerprint density at radius 1 is 0.950 bits per heavy atom. The largest absolute Gasteiger partial charge is 0.480 e. The molecule has 0 aliphatic heterocycles. The summed E-state index contributed by atoms with van der Waals surface area (Å²) < 4.78 is 0.834. The number of rotatable bonds is 14. The molecule has 0 saturated carbocycles. The van der Waals surface area contributed by atoms with E-state index >= 15 is 0 Å². The Balaban J connectivity index is 1.97. The molecule has 40 heavy (non-hydrogen) atoms. The van der Waals surface area contributed by atoms with E-state index in [0.29, 0.717) is 16.8 Å². The second kappa shape index (κ2) is 14.1. The third-order valence-electron chi connectivity index (χ3n) is 6.26. The molecule has 2 aromatic carbocycles. The lowest BCUT2D eigenvalue weighted by molar-refractivity contribution is -0.142. The SMILES string of the molecule is CSCC[C@H](NC(=O)[C@H](Cc1ccccc1)n1c(=O)[nH]c2ccccc2c1=O)C(=O)N[C@@H](CCC(N)=O)C(=O)O. The third kappa shape index (κ3) is 7.82. The summed E-state index contributed by atoms with van der Waals surface area (Å²) in [4.78, 5) is 78.7. The zero-order valence-corrected chi connectivity index (χ0v) is 22.6. The fraction of sp³-hybridized carbons (Fsp3) is 0.333. The van der Waals surface area contributed by atoms with Gasteiger partial charge in [-0.1, -0.05) is 42.5 Å². The predicted molar refractivity (Wildman–Crippen MR) is 151 cm³/mol. The van der Waals surface area contributed by atoms with Gasteiger partial charge < -0.3 is 26.5 Å². The highest BCUT2D eigenvalue weighted by molar-refractivity contribution is 7.98. The van der Waals surface area contributed by atoms with E-state index < -0.39 is 53.1 Å². The van der Waals surface area contributed by atoms with E-state index in [2.05, 4.69) is 15.6 Å². The minimum absolute atomic E-state index is 0.0266. The molecule has 3 rings (SSSR count). The molecule has 12 nitrogen and oxygen atoms in total. The molecule has 0 unspecified atom stereocenters. The Morgan fingerprint density at radius 2 is 1.60 bits per heavy atom. The molecular formula is C27H31N5O7S. The lowest BCUT2D eigenvalue weighted by atomic mass is 10.0. The molecule has 212 valence electrons. The topological polar surface area (TPSA) is 193 Å². The number of para-hydroxylation sites is 1. The average molecular weight is 570 g/mol. The lowest BCUT2D eigenvalue weighted by Gasteiger charge is -2.24. The van der Waals surface area contributed by atoms with E-state index in [1.54, 1.807) is 54.8 Å². The molecule has 0 saturated heterocycles. The molecule has 1 aromatic heterocycles. The van der Waals surface area contributed by atoms with Crippen molar-refractivity contribution in [1.29, 1.82) is 0 Å². The molecule has 6 N–H and O–H groups in total. The van der Waals surface area contributed by atoms with Gasteiger partial charge in [0.15, 0.2) is 0 Å². The fourth-order valence-corrected chi connectivity index (χ4v) is 4.66. The number of primary amides is 1. The van der Waals surface area contributed by atoms with Crippen LogP contribution in [-0.2, 0) is 25.6 Å². The summed E-state index contributed by atoms with van der Waals surface area (Å²) in [5.41, 5.74) is 4.65. The number of carboxylic acids is 1. The van der Waals surface area contributed by atoms with Crippen LogP contribution in [0.2, 0.25) is 0 Å². The maximum absolute atomic E-state index is 13.7. The number of aromatic amines is 1. The number of fused-ring (bicyclic) bond motifs is 1. The molecule has 3 aromatic rings. The summed E-state index contributed by atoms with van der Waals surface area (Å²) in [6.45, 7) is 0. The van der Waals surface area contributed by atoms with Crippen LogP contribution in [0, 0.1) is 0 Å². The number of nitrogens with one attached hydrogen (secondary N) is 3. The minimum atomic E-state index is -1.40. The first-order valence-electron chi connectivity index (χ1n) is 12.5. The van der Waals surface area contributed by atoms with Crippen LogP contribution in [0.1, 0.15) is 30.9 Å². The Kier molecular flexibility index (Phi) is 10.6. The van der Waals surface area contributed by atoms with Gasteiger partial charge in [-0.15, -0.1) is 0 Å². The van der Waals surface area contributed by atoms with Gasteiger partial charge in [0.05, 0.1) is 10.9 Å². The van der Waals surface area contributed by atoms with Crippen LogP contribution in [0.4, 0.5) is 0 Å². The quantitative estimate of drug-likeness (QED) is 0.186. The molecule has 3 atom stereocenters. The first kappa shape index (κ1) is 30.2. The van der Waals surface area contributed by atoms with Gasteiger partial charge in [0.1, 0.15) is 18.1 Å². The second-order valence-corrected chi connectivity index (χ2v) is 10.1. The maximum atomic E-state index is 13.7. The van der Waals surface area contributed by atoms with Crippen LogP contribution in [0.15, 0.2) is 64.2 Å². The van der Waals surface area contributed by atoms with E-state index in [-0.39, 0.29) is 31.1 Å². The van der Waals surface area contributed by atoms with E-state index in [0.717, 1.165) is 4.57 Å². The average Bonchev–Trinajstić information content (AvgIpc) is 2.92. The number of nitrogens with two attached hydrogens (primary N) is 1. The number of thioether (sulfide) groups is 1. The van der Waals surface area contributed by atoms with Crippen molar-refractivity contribution in [1.82, 2.24) is 20.2 Å². The van der Waals surface area contributed by atoms with Crippen molar-refractivity contribution >= 4 is 46.4 Å². The Hall–Kier alpha value is -4.39. The van der Waals surface area contributed by atoms with Crippen LogP contribution in [0.25, 0.3) is 10.9 Å². The van der Waals surface area contributed by atoms with Crippen molar-refractivity contribution in [2.45, 2.75) is 43.8 Å². The van der Waals surface area contributed by atoms with Crippen LogP contribution < -0.4 is 27.6 Å². The summed E-state index contributed by atoms with van der Waals surface area (Å²) in [5.74, 6) is -3.19. The van der Waals surface area contributed by atoms with Gasteiger partial charge in [0.2, 0.25) is 17.7 Å². The second-order valence-electron chi connectivity index (χ2n) is 9.10. The van der Waals surface area contributed by atoms with Gasteiger partial charge in [0, 0.05) is 12.8 Å². The van der Waals surface area contributed by atoms with Crippen LogP contribution in [0.5, 0.6) is 0 Å². The minimum Gasteiger partial charge on any atom is -0.480 e. The van der Waals surface area contributed by atoms with Gasteiger partial charge >= 0.3 is 11.7 Å². The predicted octanol–water partition coefficient (Wildman–Crippen LogP) is 0.546. The number of carbonyl (C=O) groups excluding carboxylic acids is 3. The van der Waals surface area contributed by atoms with Crippen molar-refractivity contribution in [3.8, 4) is 0 Å². The van der Waals surface area contributed by atoms with Gasteiger partial charge in [-0.3, -0.25) is 19.2 Å². The third-order valence-corrected chi connectivity index (χ3v) is 6.90. The molecule has 0 aliphatic rings. The molecule has 1 heterocycles. The van der Waals surface area contributed by atoms with Crippen molar-refractivity contribution < 1.29 is 24.3 Å². The number of carboxylic acid groups (broad SMARTS) is 1. The summed E-state index contributed by atoms with van der Waals surface area (Å²) in [5, 5.41) is 14.7. The van der Waals surface area contributed by atoms with Gasteiger partial charge in [0.25, 0.3) is 5.56 Å². The number of amides is 3. The number of hydrogen-bond donors (Lipinski definition) is 5. The number of hydrogen-bond acceptors (Lipinski definition) is 7. The van der Waals surface area contributed by atoms with E-state index in [9.17, 15) is 33.9 Å². The van der Waals surface area contributed by atoms with Crippen molar-refractivity contribution in [3.05, 3.63) is 81.0 Å².